The van der Waals surface area contributed by atoms with Crippen molar-refractivity contribution < 1.29 is 4.39 Å². The average Bonchev–Trinajstić information content (AvgIpc) is 2.72. The van der Waals surface area contributed by atoms with Crippen LogP contribution in [-0.4, -0.2) is 23.6 Å². The number of nitrogens with one attached hydrogen (secondary N) is 3. The van der Waals surface area contributed by atoms with Crippen molar-refractivity contribution in [2.75, 3.05) is 11.9 Å². The molecule has 1 saturated carbocycles. The zero-order chi connectivity index (χ0) is 13.7. The summed E-state index contributed by atoms with van der Waals surface area (Å²) in [5.74, 6) is 0.771. The van der Waals surface area contributed by atoms with Gasteiger partial charge >= 0.3 is 0 Å². The van der Waals surface area contributed by atoms with E-state index < -0.39 is 0 Å². The first kappa shape index (κ1) is 12.9. The molecule has 2 bridgehead atoms. The first-order chi connectivity index (χ1) is 9.60. The van der Waals surface area contributed by atoms with Gasteiger partial charge < -0.3 is 10.6 Å². The van der Waals surface area contributed by atoms with Crippen LogP contribution in [0.4, 0.5) is 10.1 Å². The molecule has 5 rings (SSSR count). The number of fused-ring (bicyclic) bond motifs is 3. The van der Waals surface area contributed by atoms with E-state index in [0.717, 1.165) is 29.1 Å². The largest absolute Gasteiger partial charge is 0.358 e. The molecule has 3 fully saturated rings. The molecule has 0 spiro atoms. The van der Waals surface area contributed by atoms with E-state index in [2.05, 4.69) is 22.9 Å². The molecule has 2 saturated heterocycles. The van der Waals surface area contributed by atoms with Crippen LogP contribution < -0.4 is 16.0 Å². The predicted molar refractivity (Wildman–Crippen MR) is 80.3 cm³/mol. The van der Waals surface area contributed by atoms with E-state index >= 15 is 0 Å². The molecule has 1 aromatic rings. The van der Waals surface area contributed by atoms with E-state index in [-0.39, 0.29) is 10.8 Å². The Morgan fingerprint density at radius 2 is 2.25 bits per heavy atom. The summed E-state index contributed by atoms with van der Waals surface area (Å²) in [6.07, 6.45) is 4.02. The zero-order valence-electron chi connectivity index (χ0n) is 11.6. The highest BCUT2D eigenvalue weighted by molar-refractivity contribution is 8.01. The van der Waals surface area contributed by atoms with Crippen molar-refractivity contribution in [1.29, 1.82) is 0 Å². The Morgan fingerprint density at radius 3 is 3.00 bits per heavy atom. The summed E-state index contributed by atoms with van der Waals surface area (Å²) in [5.41, 5.74) is 1.02. The Morgan fingerprint density at radius 1 is 1.40 bits per heavy atom. The third-order valence-electron chi connectivity index (χ3n) is 4.64. The van der Waals surface area contributed by atoms with Crippen LogP contribution in [0, 0.1) is 11.7 Å². The molecule has 3 N–H and O–H groups in total. The molecule has 0 radical (unpaired) electrons. The van der Waals surface area contributed by atoms with Crippen LogP contribution in [0.5, 0.6) is 0 Å². The minimum Gasteiger partial charge on any atom is -0.358 e. The van der Waals surface area contributed by atoms with Crippen molar-refractivity contribution in [3.05, 3.63) is 24.0 Å². The molecule has 3 aliphatic heterocycles. The maximum atomic E-state index is 13.3. The van der Waals surface area contributed by atoms with Gasteiger partial charge in [-0.2, -0.15) is 0 Å². The van der Waals surface area contributed by atoms with Gasteiger partial charge in [0.15, 0.2) is 0 Å². The van der Waals surface area contributed by atoms with Crippen molar-refractivity contribution >= 4 is 17.4 Å². The lowest BCUT2D eigenvalue weighted by atomic mass is 9.72. The maximum absolute atomic E-state index is 13.3. The van der Waals surface area contributed by atoms with Gasteiger partial charge in [-0.1, -0.05) is 11.8 Å². The number of hydrogen-bond donors (Lipinski definition) is 3. The smallest absolute Gasteiger partial charge is 0.138 e. The number of benzene rings is 1. The second kappa shape index (κ2) is 4.61. The average molecular weight is 293 g/mol. The highest BCUT2D eigenvalue weighted by atomic mass is 32.2. The quantitative estimate of drug-likeness (QED) is 0.801. The van der Waals surface area contributed by atoms with Crippen LogP contribution in [0.15, 0.2) is 23.1 Å². The number of rotatable bonds is 3. The second-order valence-electron chi connectivity index (χ2n) is 6.42. The fourth-order valence-electron chi connectivity index (χ4n) is 3.59. The molecule has 5 heteroatoms. The van der Waals surface area contributed by atoms with E-state index in [9.17, 15) is 4.39 Å². The normalized spacial score (nSPS) is 38.0. The fourth-order valence-corrected chi connectivity index (χ4v) is 4.75. The number of anilines is 1. The van der Waals surface area contributed by atoms with Gasteiger partial charge in [0.25, 0.3) is 0 Å². The molecule has 2 unspecified atom stereocenters. The van der Waals surface area contributed by atoms with Gasteiger partial charge in [0.05, 0.1) is 5.69 Å². The highest BCUT2D eigenvalue weighted by Crippen LogP contribution is 2.44. The van der Waals surface area contributed by atoms with Crippen molar-refractivity contribution in [2.45, 2.75) is 48.2 Å². The first-order valence-electron chi connectivity index (χ1n) is 7.37. The van der Waals surface area contributed by atoms with Gasteiger partial charge in [-0.05, 0) is 50.3 Å². The third kappa shape index (κ3) is 2.32. The number of piperidine rings is 2. The number of thioether (sulfide) groups is 1. The summed E-state index contributed by atoms with van der Waals surface area (Å²) in [4.78, 5) is 0.749. The number of halogens is 1. The summed E-state index contributed by atoms with van der Waals surface area (Å²) in [5, 5.41) is 10.8. The fraction of sp³-hybridized carbons (Fsp3) is 0.600. The second-order valence-corrected chi connectivity index (χ2v) is 7.88. The van der Waals surface area contributed by atoms with Crippen molar-refractivity contribution in [3.63, 3.8) is 0 Å². The van der Waals surface area contributed by atoms with Crippen LogP contribution >= 0.6 is 11.8 Å². The van der Waals surface area contributed by atoms with Crippen LogP contribution in [0.25, 0.3) is 0 Å². The van der Waals surface area contributed by atoms with Crippen molar-refractivity contribution in [3.8, 4) is 0 Å². The Kier molecular flexibility index (Phi) is 2.98. The van der Waals surface area contributed by atoms with E-state index in [1.807, 2.05) is 6.07 Å². The molecule has 4 aliphatic rings. The standard InChI is InChI=1S/C15H20FN3S/c1-15(17-8-12-6-9-4-11(5-9)18-12)19-13-3-2-10(16)7-14(13)20-15/h2-3,7,9,11-12,17-19H,4-6,8H2,1H3. The van der Waals surface area contributed by atoms with Gasteiger partial charge in [-0.15, -0.1) is 0 Å². The predicted octanol–water partition coefficient (Wildman–Crippen LogP) is 2.75. The van der Waals surface area contributed by atoms with Crippen molar-refractivity contribution in [1.82, 2.24) is 10.6 Å². The summed E-state index contributed by atoms with van der Waals surface area (Å²) >= 11 is 1.66. The van der Waals surface area contributed by atoms with Crippen molar-refractivity contribution in [2.24, 2.45) is 5.92 Å². The topological polar surface area (TPSA) is 36.1 Å². The van der Waals surface area contributed by atoms with Gasteiger partial charge in [0.1, 0.15) is 10.8 Å². The van der Waals surface area contributed by atoms with Gasteiger partial charge in [0, 0.05) is 23.5 Å². The van der Waals surface area contributed by atoms with Crippen LogP contribution in [0.1, 0.15) is 26.2 Å². The molecule has 2 atom stereocenters. The zero-order valence-corrected chi connectivity index (χ0v) is 12.4. The maximum Gasteiger partial charge on any atom is 0.138 e. The molecule has 108 valence electrons. The Labute approximate surface area is 123 Å². The summed E-state index contributed by atoms with van der Waals surface area (Å²) in [6.45, 7) is 3.08. The lowest BCUT2D eigenvalue weighted by Gasteiger charge is -2.47. The minimum atomic E-state index is -0.237. The lowest BCUT2D eigenvalue weighted by molar-refractivity contribution is 0.114. The molecular formula is C15H20FN3S. The summed E-state index contributed by atoms with van der Waals surface area (Å²) < 4.78 is 13.3. The highest BCUT2D eigenvalue weighted by Gasteiger charge is 2.39. The Bertz CT molecular complexity index is 522. The van der Waals surface area contributed by atoms with Crippen LogP contribution in [-0.2, 0) is 0 Å². The molecule has 1 aliphatic carbocycles. The molecule has 20 heavy (non-hydrogen) atoms. The Balaban J connectivity index is 1.37. The molecule has 0 amide bonds. The third-order valence-corrected chi connectivity index (χ3v) is 5.85. The molecule has 0 aromatic heterocycles. The van der Waals surface area contributed by atoms with Gasteiger partial charge in [-0.25, -0.2) is 4.39 Å². The summed E-state index contributed by atoms with van der Waals surface area (Å²) in [6, 6.07) is 6.26. The van der Waals surface area contributed by atoms with E-state index in [4.69, 9.17) is 0 Å². The minimum absolute atomic E-state index is 0.170. The summed E-state index contributed by atoms with van der Waals surface area (Å²) in [7, 11) is 0. The molecule has 3 heterocycles. The van der Waals surface area contributed by atoms with Crippen LogP contribution in [0.3, 0.4) is 0 Å². The first-order valence-corrected chi connectivity index (χ1v) is 8.19. The molecule has 1 aromatic carbocycles. The van der Waals surface area contributed by atoms with E-state index in [1.54, 1.807) is 17.8 Å². The monoisotopic (exact) mass is 293 g/mol. The number of hydrogen-bond acceptors (Lipinski definition) is 4. The van der Waals surface area contributed by atoms with E-state index in [0.29, 0.717) is 6.04 Å². The Hall–Kier alpha value is -0.780. The molecular weight excluding hydrogens is 273 g/mol. The van der Waals surface area contributed by atoms with Gasteiger partial charge in [0.2, 0.25) is 0 Å². The van der Waals surface area contributed by atoms with Gasteiger partial charge in [-0.3, -0.25) is 5.32 Å². The SMILES string of the molecule is CC1(NCC2CC3CC(C3)N2)Nc2ccc(F)cc2S1. The van der Waals surface area contributed by atoms with E-state index in [1.165, 1.54) is 25.3 Å². The molecule has 3 nitrogen and oxygen atoms in total. The lowest BCUT2D eigenvalue weighted by Crippen LogP contribution is -2.59. The van der Waals surface area contributed by atoms with Crippen LogP contribution in [0.2, 0.25) is 0 Å².